The van der Waals surface area contributed by atoms with Crippen LogP contribution in [0, 0.1) is 5.92 Å². The summed E-state index contributed by atoms with van der Waals surface area (Å²) in [6.07, 6.45) is 0.971. The predicted molar refractivity (Wildman–Crippen MR) is 68.9 cm³/mol. The molecular formula is C13H22N2O. The second-order valence-electron chi connectivity index (χ2n) is 4.27. The van der Waals surface area contributed by atoms with Gasteiger partial charge >= 0.3 is 0 Å². The molecule has 0 unspecified atom stereocenters. The topological polar surface area (TPSA) is 47.3 Å². The second kappa shape index (κ2) is 7.12. The predicted octanol–water partition coefficient (Wildman–Crippen LogP) is 2.48. The normalized spacial score (nSPS) is 10.5. The molecule has 0 saturated heterocycles. The van der Waals surface area contributed by atoms with Gasteiger partial charge in [0.1, 0.15) is 5.75 Å². The smallest absolute Gasteiger partial charge is 0.142 e. The van der Waals surface area contributed by atoms with E-state index in [4.69, 9.17) is 10.5 Å². The quantitative estimate of drug-likeness (QED) is 0.697. The van der Waals surface area contributed by atoms with Gasteiger partial charge < -0.3 is 15.8 Å². The van der Waals surface area contributed by atoms with Gasteiger partial charge in [0.15, 0.2) is 0 Å². The van der Waals surface area contributed by atoms with E-state index in [2.05, 4.69) is 19.2 Å². The zero-order valence-corrected chi connectivity index (χ0v) is 10.2. The van der Waals surface area contributed by atoms with Crippen LogP contribution in [0.3, 0.4) is 0 Å². The van der Waals surface area contributed by atoms with Gasteiger partial charge in [-0.1, -0.05) is 26.0 Å². The summed E-state index contributed by atoms with van der Waals surface area (Å²) in [7, 11) is 0. The molecule has 1 rings (SSSR count). The molecule has 0 heterocycles. The van der Waals surface area contributed by atoms with E-state index in [1.807, 2.05) is 24.3 Å². The summed E-state index contributed by atoms with van der Waals surface area (Å²) < 4.78 is 5.74. The first-order valence-corrected chi connectivity index (χ1v) is 5.89. The van der Waals surface area contributed by atoms with Crippen molar-refractivity contribution in [1.29, 1.82) is 0 Å². The summed E-state index contributed by atoms with van der Waals surface area (Å²) >= 11 is 0. The molecule has 16 heavy (non-hydrogen) atoms. The number of nitrogens with one attached hydrogen (secondary N) is 1. The van der Waals surface area contributed by atoms with Gasteiger partial charge in [0, 0.05) is 6.54 Å². The standard InChI is InChI=1S/C13H22N2O/c1-11(2)10-16-13-7-4-3-6-12(13)15-9-5-8-14/h3-4,6-7,11,15H,5,8-10,14H2,1-2H3. The summed E-state index contributed by atoms with van der Waals surface area (Å²) in [6.45, 7) is 6.63. The maximum Gasteiger partial charge on any atom is 0.142 e. The maximum atomic E-state index is 5.74. The number of hydrogen-bond donors (Lipinski definition) is 2. The van der Waals surface area contributed by atoms with Gasteiger partial charge in [-0.05, 0) is 31.0 Å². The van der Waals surface area contributed by atoms with Crippen molar-refractivity contribution < 1.29 is 4.74 Å². The summed E-state index contributed by atoms with van der Waals surface area (Å²) in [5.41, 5.74) is 6.51. The van der Waals surface area contributed by atoms with Gasteiger partial charge in [-0.3, -0.25) is 0 Å². The third-order valence-corrected chi connectivity index (χ3v) is 2.16. The Morgan fingerprint density at radius 1 is 1.31 bits per heavy atom. The number of rotatable bonds is 7. The summed E-state index contributed by atoms with van der Waals surface area (Å²) in [5.74, 6) is 1.46. The molecule has 0 spiro atoms. The highest BCUT2D eigenvalue weighted by Gasteiger charge is 2.02. The first kappa shape index (κ1) is 12.8. The number of benzene rings is 1. The molecule has 0 bridgehead atoms. The molecule has 0 radical (unpaired) electrons. The van der Waals surface area contributed by atoms with Gasteiger partial charge in [0.2, 0.25) is 0 Å². The van der Waals surface area contributed by atoms with Crippen LogP contribution in [0.4, 0.5) is 5.69 Å². The van der Waals surface area contributed by atoms with Crippen LogP contribution in [0.5, 0.6) is 5.75 Å². The van der Waals surface area contributed by atoms with E-state index >= 15 is 0 Å². The number of nitrogens with two attached hydrogens (primary N) is 1. The van der Waals surface area contributed by atoms with Gasteiger partial charge in [-0.25, -0.2) is 0 Å². The lowest BCUT2D eigenvalue weighted by Gasteiger charge is -2.14. The van der Waals surface area contributed by atoms with Crippen molar-refractivity contribution in [3.05, 3.63) is 24.3 Å². The number of hydrogen-bond acceptors (Lipinski definition) is 3. The van der Waals surface area contributed by atoms with E-state index in [-0.39, 0.29) is 0 Å². The first-order valence-electron chi connectivity index (χ1n) is 5.89. The highest BCUT2D eigenvalue weighted by Crippen LogP contribution is 2.23. The van der Waals surface area contributed by atoms with Crippen LogP contribution in [0.15, 0.2) is 24.3 Å². The van der Waals surface area contributed by atoms with E-state index in [1.54, 1.807) is 0 Å². The zero-order valence-electron chi connectivity index (χ0n) is 10.2. The summed E-state index contributed by atoms with van der Waals surface area (Å²) in [6, 6.07) is 8.02. The minimum atomic E-state index is 0.539. The number of anilines is 1. The average molecular weight is 222 g/mol. The van der Waals surface area contributed by atoms with Crippen molar-refractivity contribution in [3.63, 3.8) is 0 Å². The molecule has 0 atom stereocenters. The minimum absolute atomic E-state index is 0.539. The largest absolute Gasteiger partial charge is 0.491 e. The Balaban J connectivity index is 2.53. The highest BCUT2D eigenvalue weighted by atomic mass is 16.5. The van der Waals surface area contributed by atoms with Gasteiger partial charge in [-0.15, -0.1) is 0 Å². The molecule has 3 nitrogen and oxygen atoms in total. The summed E-state index contributed by atoms with van der Waals surface area (Å²) in [4.78, 5) is 0. The molecule has 0 amide bonds. The van der Waals surface area contributed by atoms with E-state index in [9.17, 15) is 0 Å². The third kappa shape index (κ3) is 4.53. The lowest BCUT2D eigenvalue weighted by Crippen LogP contribution is -2.10. The van der Waals surface area contributed by atoms with Crippen molar-refractivity contribution in [3.8, 4) is 5.75 Å². The van der Waals surface area contributed by atoms with Crippen LogP contribution in [0.25, 0.3) is 0 Å². The fourth-order valence-electron chi connectivity index (χ4n) is 1.32. The van der Waals surface area contributed by atoms with Crippen molar-refractivity contribution in [2.24, 2.45) is 11.7 Å². The van der Waals surface area contributed by atoms with Crippen molar-refractivity contribution in [2.75, 3.05) is 25.0 Å². The van der Waals surface area contributed by atoms with Crippen LogP contribution in [-0.2, 0) is 0 Å². The Bertz CT molecular complexity index is 300. The monoisotopic (exact) mass is 222 g/mol. The van der Waals surface area contributed by atoms with Crippen LogP contribution >= 0.6 is 0 Å². The van der Waals surface area contributed by atoms with Crippen molar-refractivity contribution >= 4 is 5.69 Å². The fourth-order valence-corrected chi connectivity index (χ4v) is 1.32. The van der Waals surface area contributed by atoms with E-state index in [1.165, 1.54) is 0 Å². The lowest BCUT2D eigenvalue weighted by atomic mass is 10.2. The van der Waals surface area contributed by atoms with Crippen LogP contribution in [0.2, 0.25) is 0 Å². The Kier molecular flexibility index (Phi) is 5.72. The van der Waals surface area contributed by atoms with Gasteiger partial charge in [-0.2, -0.15) is 0 Å². The zero-order chi connectivity index (χ0) is 11.8. The molecule has 0 aliphatic heterocycles. The van der Waals surface area contributed by atoms with Crippen molar-refractivity contribution in [2.45, 2.75) is 20.3 Å². The van der Waals surface area contributed by atoms with Crippen LogP contribution in [0.1, 0.15) is 20.3 Å². The van der Waals surface area contributed by atoms with Crippen LogP contribution in [-0.4, -0.2) is 19.7 Å². The van der Waals surface area contributed by atoms with E-state index in [0.29, 0.717) is 12.5 Å². The SMILES string of the molecule is CC(C)COc1ccccc1NCCCN. The molecule has 0 saturated carbocycles. The van der Waals surface area contributed by atoms with Gasteiger partial charge in [0.05, 0.1) is 12.3 Å². The Hall–Kier alpha value is -1.22. The number of para-hydroxylation sites is 2. The van der Waals surface area contributed by atoms with Crippen molar-refractivity contribution in [1.82, 2.24) is 0 Å². The maximum absolute atomic E-state index is 5.74. The molecule has 3 N–H and O–H groups in total. The fraction of sp³-hybridized carbons (Fsp3) is 0.538. The Morgan fingerprint density at radius 3 is 2.75 bits per heavy atom. The molecular weight excluding hydrogens is 200 g/mol. The van der Waals surface area contributed by atoms with E-state index < -0.39 is 0 Å². The molecule has 1 aromatic carbocycles. The Morgan fingerprint density at radius 2 is 2.06 bits per heavy atom. The second-order valence-corrected chi connectivity index (χ2v) is 4.27. The first-order chi connectivity index (χ1) is 7.74. The minimum Gasteiger partial charge on any atom is -0.491 e. The molecule has 90 valence electrons. The third-order valence-electron chi connectivity index (χ3n) is 2.16. The molecule has 0 aromatic heterocycles. The van der Waals surface area contributed by atoms with Gasteiger partial charge in [0.25, 0.3) is 0 Å². The van der Waals surface area contributed by atoms with E-state index in [0.717, 1.165) is 31.0 Å². The highest BCUT2D eigenvalue weighted by molar-refractivity contribution is 5.56. The molecule has 3 heteroatoms. The molecule has 0 aliphatic carbocycles. The van der Waals surface area contributed by atoms with Crippen LogP contribution < -0.4 is 15.8 Å². The lowest BCUT2D eigenvalue weighted by molar-refractivity contribution is 0.272. The molecule has 0 aliphatic rings. The number of ether oxygens (including phenoxy) is 1. The molecule has 1 aromatic rings. The Labute approximate surface area is 98.0 Å². The average Bonchev–Trinajstić information content (AvgIpc) is 2.28. The summed E-state index contributed by atoms with van der Waals surface area (Å²) in [5, 5.41) is 3.33. The molecule has 0 fully saturated rings.